The van der Waals surface area contributed by atoms with Gasteiger partial charge in [-0.25, -0.2) is 0 Å². The van der Waals surface area contributed by atoms with Gasteiger partial charge >= 0.3 is 0 Å². The molecule has 7 nitrogen and oxygen atoms in total. The van der Waals surface area contributed by atoms with Gasteiger partial charge in [-0.05, 0) is 70.5 Å². The molecule has 1 saturated heterocycles. The Balaban J connectivity index is 1.61. The standard InChI is InChI=1S/C22H25IN6O/c1-15(2)16-3-7-18(8-4-16)24-20-26-21(25-19-9-5-17(23)6-10-19)28-22(27-20)29-11-13-30-14-12-29/h3-10,15H,11-14H2,1-2H3,(H2,24,25,26,27,28). The van der Waals surface area contributed by atoms with E-state index in [4.69, 9.17) is 4.74 Å². The molecule has 1 aliphatic heterocycles. The van der Waals surface area contributed by atoms with Crippen LogP contribution in [0.15, 0.2) is 48.5 Å². The van der Waals surface area contributed by atoms with Gasteiger partial charge in [-0.2, -0.15) is 15.0 Å². The molecule has 1 aromatic heterocycles. The number of aromatic nitrogens is 3. The first kappa shape index (κ1) is 20.8. The van der Waals surface area contributed by atoms with Gasteiger partial charge in [0.2, 0.25) is 17.8 Å². The predicted octanol–water partition coefficient (Wildman–Crippen LogP) is 4.92. The molecule has 0 radical (unpaired) electrons. The summed E-state index contributed by atoms with van der Waals surface area (Å²) in [5.41, 5.74) is 3.17. The lowest BCUT2D eigenvalue weighted by atomic mass is 10.0. The number of nitrogens with zero attached hydrogens (tertiary/aromatic N) is 4. The zero-order valence-corrected chi connectivity index (χ0v) is 19.3. The minimum atomic E-state index is 0.494. The summed E-state index contributed by atoms with van der Waals surface area (Å²) in [6.07, 6.45) is 0. The summed E-state index contributed by atoms with van der Waals surface area (Å²) in [7, 11) is 0. The highest BCUT2D eigenvalue weighted by atomic mass is 127. The minimum Gasteiger partial charge on any atom is -0.378 e. The van der Waals surface area contributed by atoms with Crippen LogP contribution in [0.2, 0.25) is 0 Å². The maximum Gasteiger partial charge on any atom is 0.233 e. The molecule has 8 heteroatoms. The molecule has 1 aliphatic rings. The van der Waals surface area contributed by atoms with Crippen molar-refractivity contribution < 1.29 is 4.74 Å². The van der Waals surface area contributed by atoms with Crippen molar-refractivity contribution in [2.24, 2.45) is 0 Å². The lowest BCUT2D eigenvalue weighted by molar-refractivity contribution is 0.122. The lowest BCUT2D eigenvalue weighted by Gasteiger charge is -2.27. The zero-order chi connectivity index (χ0) is 20.9. The molecular weight excluding hydrogens is 491 g/mol. The van der Waals surface area contributed by atoms with Gasteiger partial charge in [-0.1, -0.05) is 26.0 Å². The smallest absolute Gasteiger partial charge is 0.233 e. The van der Waals surface area contributed by atoms with Crippen molar-refractivity contribution in [3.63, 3.8) is 0 Å². The maximum atomic E-state index is 5.47. The number of morpholine rings is 1. The SMILES string of the molecule is CC(C)c1ccc(Nc2nc(Nc3ccc(I)cc3)nc(N3CCOCC3)n2)cc1. The van der Waals surface area contributed by atoms with E-state index in [0.29, 0.717) is 37.0 Å². The quantitative estimate of drug-likeness (QED) is 0.451. The number of halogens is 1. The molecule has 0 bridgehead atoms. The maximum absolute atomic E-state index is 5.47. The Bertz CT molecular complexity index is 972. The highest BCUT2D eigenvalue weighted by Gasteiger charge is 2.17. The number of benzene rings is 2. The van der Waals surface area contributed by atoms with Crippen molar-refractivity contribution in [3.8, 4) is 0 Å². The van der Waals surface area contributed by atoms with Gasteiger partial charge in [0.15, 0.2) is 0 Å². The highest BCUT2D eigenvalue weighted by molar-refractivity contribution is 14.1. The van der Waals surface area contributed by atoms with E-state index in [9.17, 15) is 0 Å². The summed E-state index contributed by atoms with van der Waals surface area (Å²) in [5, 5.41) is 6.62. The Morgan fingerprint density at radius 1 is 0.833 bits per heavy atom. The van der Waals surface area contributed by atoms with Crippen LogP contribution in [0.1, 0.15) is 25.3 Å². The molecule has 2 N–H and O–H groups in total. The van der Waals surface area contributed by atoms with Gasteiger partial charge in [0.1, 0.15) is 0 Å². The van der Waals surface area contributed by atoms with Crippen molar-refractivity contribution in [3.05, 3.63) is 57.7 Å². The number of hydrogen-bond acceptors (Lipinski definition) is 7. The first-order valence-electron chi connectivity index (χ1n) is 10.1. The molecular formula is C22H25IN6O. The second-order valence-electron chi connectivity index (χ2n) is 7.42. The molecule has 0 unspecified atom stereocenters. The van der Waals surface area contributed by atoms with E-state index in [1.807, 2.05) is 24.3 Å². The summed E-state index contributed by atoms with van der Waals surface area (Å²) >= 11 is 2.29. The van der Waals surface area contributed by atoms with E-state index in [1.54, 1.807) is 0 Å². The van der Waals surface area contributed by atoms with Crippen molar-refractivity contribution >= 4 is 51.8 Å². The van der Waals surface area contributed by atoms with Crippen LogP contribution < -0.4 is 15.5 Å². The van der Waals surface area contributed by atoms with Crippen LogP contribution in [-0.2, 0) is 4.74 Å². The number of nitrogens with one attached hydrogen (secondary N) is 2. The van der Waals surface area contributed by atoms with Gasteiger partial charge in [0.25, 0.3) is 0 Å². The van der Waals surface area contributed by atoms with Crippen LogP contribution >= 0.6 is 22.6 Å². The largest absolute Gasteiger partial charge is 0.378 e. The minimum absolute atomic E-state index is 0.494. The van der Waals surface area contributed by atoms with Crippen LogP contribution in [-0.4, -0.2) is 41.3 Å². The van der Waals surface area contributed by atoms with E-state index in [1.165, 1.54) is 9.13 Å². The predicted molar refractivity (Wildman–Crippen MR) is 129 cm³/mol. The average molecular weight is 516 g/mol. The second-order valence-corrected chi connectivity index (χ2v) is 8.66. The van der Waals surface area contributed by atoms with E-state index >= 15 is 0 Å². The first-order chi connectivity index (χ1) is 14.6. The third-order valence-corrected chi connectivity index (χ3v) is 5.57. The molecule has 156 valence electrons. The fraction of sp³-hybridized carbons (Fsp3) is 0.318. The van der Waals surface area contributed by atoms with Crippen LogP contribution in [0.5, 0.6) is 0 Å². The van der Waals surface area contributed by atoms with Crippen molar-refractivity contribution in [1.82, 2.24) is 15.0 Å². The van der Waals surface area contributed by atoms with E-state index < -0.39 is 0 Å². The van der Waals surface area contributed by atoms with Crippen LogP contribution in [0, 0.1) is 3.57 Å². The highest BCUT2D eigenvalue weighted by Crippen LogP contribution is 2.23. The van der Waals surface area contributed by atoms with Gasteiger partial charge in [0.05, 0.1) is 13.2 Å². The van der Waals surface area contributed by atoms with Gasteiger partial charge in [-0.3, -0.25) is 0 Å². The molecule has 0 atom stereocenters. The van der Waals surface area contributed by atoms with Crippen molar-refractivity contribution in [1.29, 1.82) is 0 Å². The van der Waals surface area contributed by atoms with Crippen molar-refractivity contribution in [2.45, 2.75) is 19.8 Å². The molecule has 3 aromatic rings. The summed E-state index contributed by atoms with van der Waals surface area (Å²) < 4.78 is 6.65. The number of ether oxygens (including phenoxy) is 1. The van der Waals surface area contributed by atoms with Crippen molar-refractivity contribution in [2.75, 3.05) is 41.8 Å². The molecule has 2 heterocycles. The third kappa shape index (κ3) is 5.37. The summed E-state index contributed by atoms with van der Waals surface area (Å²) in [6.45, 7) is 7.23. The topological polar surface area (TPSA) is 75.2 Å². The van der Waals surface area contributed by atoms with E-state index in [0.717, 1.165) is 24.5 Å². The molecule has 4 rings (SSSR count). The molecule has 0 saturated carbocycles. The fourth-order valence-corrected chi connectivity index (χ4v) is 3.48. The molecule has 0 aliphatic carbocycles. The molecule has 1 fully saturated rings. The number of anilines is 5. The van der Waals surface area contributed by atoms with Gasteiger partial charge in [-0.15, -0.1) is 0 Å². The summed E-state index contributed by atoms with van der Waals surface area (Å²) in [6, 6.07) is 16.5. The third-order valence-electron chi connectivity index (χ3n) is 4.85. The summed E-state index contributed by atoms with van der Waals surface area (Å²) in [5.74, 6) is 2.15. The zero-order valence-electron chi connectivity index (χ0n) is 17.1. The average Bonchev–Trinajstić information content (AvgIpc) is 2.76. The van der Waals surface area contributed by atoms with Crippen LogP contribution in [0.25, 0.3) is 0 Å². The van der Waals surface area contributed by atoms with E-state index in [-0.39, 0.29) is 0 Å². The molecule has 0 spiro atoms. The Kier molecular flexibility index (Phi) is 6.63. The Morgan fingerprint density at radius 2 is 1.37 bits per heavy atom. The normalized spacial score (nSPS) is 14.1. The fourth-order valence-electron chi connectivity index (χ4n) is 3.12. The van der Waals surface area contributed by atoms with Crippen LogP contribution in [0.4, 0.5) is 29.2 Å². The second kappa shape index (κ2) is 9.57. The van der Waals surface area contributed by atoms with Gasteiger partial charge in [0, 0.05) is 28.0 Å². The molecule has 0 amide bonds. The lowest BCUT2D eigenvalue weighted by Crippen LogP contribution is -2.37. The summed E-state index contributed by atoms with van der Waals surface area (Å²) in [4.78, 5) is 16.0. The monoisotopic (exact) mass is 516 g/mol. The van der Waals surface area contributed by atoms with Gasteiger partial charge < -0.3 is 20.3 Å². The number of hydrogen-bond donors (Lipinski definition) is 2. The Morgan fingerprint density at radius 3 is 1.90 bits per heavy atom. The van der Waals surface area contributed by atoms with Crippen LogP contribution in [0.3, 0.4) is 0 Å². The molecule has 30 heavy (non-hydrogen) atoms. The van der Waals surface area contributed by atoms with E-state index in [2.05, 4.69) is 91.2 Å². The first-order valence-corrected chi connectivity index (χ1v) is 11.1. The molecule has 2 aromatic carbocycles. The Hall–Kier alpha value is -2.46. The Labute approximate surface area is 190 Å². The number of rotatable bonds is 6.